The number of aromatic nitrogens is 5. The van der Waals surface area contributed by atoms with Crippen LogP contribution < -0.4 is 0 Å². The lowest BCUT2D eigenvalue weighted by Gasteiger charge is -2.21. The maximum absolute atomic E-state index is 12.3. The van der Waals surface area contributed by atoms with Gasteiger partial charge in [-0.1, -0.05) is 0 Å². The number of hydrogen-bond acceptors (Lipinski definition) is 5. The summed E-state index contributed by atoms with van der Waals surface area (Å²) >= 11 is 0. The third kappa shape index (κ3) is 4.62. The van der Waals surface area contributed by atoms with Crippen LogP contribution in [0.4, 0.5) is 0 Å². The lowest BCUT2D eigenvalue weighted by atomic mass is 10.2. The average molecular weight is 317 g/mol. The second-order valence-corrected chi connectivity index (χ2v) is 5.81. The molecule has 1 saturated heterocycles. The first kappa shape index (κ1) is 15.7. The van der Waals surface area contributed by atoms with Crippen LogP contribution in [0.2, 0.25) is 0 Å². The van der Waals surface area contributed by atoms with E-state index in [2.05, 4.69) is 25.0 Å². The van der Waals surface area contributed by atoms with Crippen molar-refractivity contribution < 1.29 is 4.79 Å². The number of imidazole rings is 1. The molecule has 124 valence electrons. The van der Waals surface area contributed by atoms with Crippen LogP contribution in [-0.4, -0.2) is 66.6 Å². The molecule has 23 heavy (non-hydrogen) atoms. The number of carbonyl (C=O) groups excluding carboxylic acids is 1. The van der Waals surface area contributed by atoms with Gasteiger partial charge in [0.05, 0.1) is 6.54 Å². The van der Waals surface area contributed by atoms with E-state index in [0.717, 1.165) is 57.9 Å². The number of aromatic amines is 1. The van der Waals surface area contributed by atoms with E-state index in [9.17, 15) is 4.79 Å². The predicted molar refractivity (Wildman–Crippen MR) is 84.3 cm³/mol. The zero-order chi connectivity index (χ0) is 15.9. The number of H-pyrrole nitrogens is 1. The number of hydrogen-bond donors (Lipinski definition) is 1. The molecule has 1 fully saturated rings. The Morgan fingerprint density at radius 2 is 2.22 bits per heavy atom. The van der Waals surface area contributed by atoms with Gasteiger partial charge in [-0.05, 0) is 12.8 Å². The van der Waals surface area contributed by atoms with Gasteiger partial charge in [-0.25, -0.2) is 9.97 Å². The van der Waals surface area contributed by atoms with Gasteiger partial charge in [0.1, 0.15) is 18.5 Å². The van der Waals surface area contributed by atoms with Gasteiger partial charge < -0.3 is 9.88 Å². The molecule has 1 amide bonds. The molecule has 0 unspecified atom stereocenters. The molecule has 1 N–H and O–H groups in total. The molecule has 0 aliphatic carbocycles. The molecule has 3 heterocycles. The van der Waals surface area contributed by atoms with Crippen molar-refractivity contribution in [3.63, 3.8) is 0 Å². The average Bonchev–Trinajstić information content (AvgIpc) is 3.19. The number of carbonyl (C=O) groups is 1. The fraction of sp³-hybridized carbons (Fsp3) is 0.600. The Bertz CT molecular complexity index is 581. The first-order valence-electron chi connectivity index (χ1n) is 8.12. The van der Waals surface area contributed by atoms with E-state index in [1.165, 1.54) is 6.33 Å². The first-order valence-corrected chi connectivity index (χ1v) is 8.12. The summed E-state index contributed by atoms with van der Waals surface area (Å²) in [6.07, 6.45) is 9.20. The van der Waals surface area contributed by atoms with Crippen LogP contribution in [0.5, 0.6) is 0 Å². The van der Waals surface area contributed by atoms with Crippen LogP contribution >= 0.6 is 0 Å². The van der Waals surface area contributed by atoms with Crippen LogP contribution in [0.3, 0.4) is 0 Å². The summed E-state index contributed by atoms with van der Waals surface area (Å²) < 4.78 is 1.76. The maximum atomic E-state index is 12.3. The summed E-state index contributed by atoms with van der Waals surface area (Å²) in [6, 6.07) is 0. The second-order valence-electron chi connectivity index (χ2n) is 5.81. The fourth-order valence-electron chi connectivity index (χ4n) is 2.87. The number of amides is 1. The molecule has 0 atom stereocenters. The predicted octanol–water partition coefficient (Wildman–Crippen LogP) is 0.516. The van der Waals surface area contributed by atoms with Gasteiger partial charge in [-0.2, -0.15) is 5.10 Å². The Hall–Kier alpha value is -2.22. The monoisotopic (exact) mass is 317 g/mol. The molecule has 3 rings (SSSR count). The molecule has 0 bridgehead atoms. The van der Waals surface area contributed by atoms with Crippen LogP contribution in [0.15, 0.2) is 25.0 Å². The first-order chi connectivity index (χ1) is 11.3. The molecule has 2 aromatic heterocycles. The van der Waals surface area contributed by atoms with Crippen LogP contribution in [0.25, 0.3) is 0 Å². The number of nitrogens with zero attached hydrogens (tertiary/aromatic N) is 6. The summed E-state index contributed by atoms with van der Waals surface area (Å²) in [5, 5.41) is 4.05. The highest BCUT2D eigenvalue weighted by atomic mass is 16.2. The van der Waals surface area contributed by atoms with Crippen molar-refractivity contribution in [1.82, 2.24) is 34.5 Å². The van der Waals surface area contributed by atoms with Crippen molar-refractivity contribution in [2.45, 2.75) is 32.4 Å². The van der Waals surface area contributed by atoms with Crippen molar-refractivity contribution in [1.29, 1.82) is 0 Å². The largest absolute Gasteiger partial charge is 0.348 e. The van der Waals surface area contributed by atoms with Crippen LogP contribution in [0.1, 0.15) is 25.1 Å². The third-order valence-electron chi connectivity index (χ3n) is 4.11. The minimum Gasteiger partial charge on any atom is -0.348 e. The van der Waals surface area contributed by atoms with Crippen LogP contribution in [0, 0.1) is 0 Å². The molecule has 1 aliphatic rings. The molecule has 1 aliphatic heterocycles. The number of rotatable bonds is 6. The van der Waals surface area contributed by atoms with E-state index in [0.29, 0.717) is 6.42 Å². The lowest BCUT2D eigenvalue weighted by Crippen LogP contribution is -2.35. The molecule has 8 heteroatoms. The van der Waals surface area contributed by atoms with Crippen LogP contribution in [-0.2, 0) is 17.9 Å². The highest BCUT2D eigenvalue weighted by Gasteiger charge is 2.19. The van der Waals surface area contributed by atoms with E-state index >= 15 is 0 Å². The van der Waals surface area contributed by atoms with E-state index in [4.69, 9.17) is 0 Å². The molecule has 2 aromatic rings. The maximum Gasteiger partial charge on any atom is 0.222 e. The van der Waals surface area contributed by atoms with E-state index in [1.807, 2.05) is 11.1 Å². The topological polar surface area (TPSA) is 82.9 Å². The Kier molecular flexibility index (Phi) is 5.36. The van der Waals surface area contributed by atoms with Gasteiger partial charge in [0, 0.05) is 51.5 Å². The summed E-state index contributed by atoms with van der Waals surface area (Å²) in [5.74, 6) is 1.22. The zero-order valence-corrected chi connectivity index (χ0v) is 13.3. The van der Waals surface area contributed by atoms with Crippen molar-refractivity contribution in [3.05, 3.63) is 30.9 Å². The van der Waals surface area contributed by atoms with Gasteiger partial charge >= 0.3 is 0 Å². The normalized spacial score (nSPS) is 16.4. The minimum atomic E-state index is 0.241. The molecule has 0 radical (unpaired) electrons. The second kappa shape index (κ2) is 7.87. The van der Waals surface area contributed by atoms with E-state index in [-0.39, 0.29) is 5.91 Å². The summed E-state index contributed by atoms with van der Waals surface area (Å²) in [7, 11) is 0. The Morgan fingerprint density at radius 3 is 3.00 bits per heavy atom. The molecule has 0 spiro atoms. The lowest BCUT2D eigenvalue weighted by molar-refractivity contribution is -0.131. The third-order valence-corrected chi connectivity index (χ3v) is 4.11. The molecule has 0 aromatic carbocycles. The van der Waals surface area contributed by atoms with Crippen molar-refractivity contribution >= 4 is 5.91 Å². The number of aryl methyl sites for hydroxylation is 1. The number of nitrogens with one attached hydrogen (secondary N) is 1. The van der Waals surface area contributed by atoms with Crippen molar-refractivity contribution in [2.24, 2.45) is 0 Å². The molecular weight excluding hydrogens is 294 g/mol. The Morgan fingerprint density at radius 1 is 1.26 bits per heavy atom. The molecule has 0 saturated carbocycles. The minimum absolute atomic E-state index is 0.241. The Balaban J connectivity index is 1.41. The van der Waals surface area contributed by atoms with Gasteiger partial charge in [0.2, 0.25) is 5.91 Å². The summed E-state index contributed by atoms with van der Waals surface area (Å²) in [5.41, 5.74) is 0. The van der Waals surface area contributed by atoms with Crippen molar-refractivity contribution in [2.75, 3.05) is 26.2 Å². The highest BCUT2D eigenvalue weighted by Crippen LogP contribution is 2.08. The van der Waals surface area contributed by atoms with E-state index in [1.54, 1.807) is 17.2 Å². The smallest absolute Gasteiger partial charge is 0.222 e. The fourth-order valence-corrected chi connectivity index (χ4v) is 2.87. The summed E-state index contributed by atoms with van der Waals surface area (Å²) in [6.45, 7) is 5.10. The molecule has 8 nitrogen and oxygen atoms in total. The van der Waals surface area contributed by atoms with Gasteiger partial charge in [0.15, 0.2) is 0 Å². The van der Waals surface area contributed by atoms with Gasteiger partial charge in [-0.15, -0.1) is 0 Å². The van der Waals surface area contributed by atoms with Crippen molar-refractivity contribution in [3.8, 4) is 0 Å². The Labute approximate surface area is 135 Å². The molecular formula is C15H23N7O. The summed E-state index contributed by atoms with van der Waals surface area (Å²) in [4.78, 5) is 28.0. The van der Waals surface area contributed by atoms with Gasteiger partial charge in [0.25, 0.3) is 0 Å². The standard InChI is InChI=1S/C15H23N7O/c23-15(3-1-8-22-13-16-12-19-22)21-7-2-6-20(9-10-21)11-14-17-4-5-18-14/h4-5,12-13H,1-3,6-11H2,(H,17,18). The SMILES string of the molecule is O=C(CCCn1cncn1)N1CCCN(Cc2ncc[nH]2)CC1. The van der Waals surface area contributed by atoms with Gasteiger partial charge in [-0.3, -0.25) is 14.4 Å². The van der Waals surface area contributed by atoms with E-state index < -0.39 is 0 Å². The highest BCUT2D eigenvalue weighted by molar-refractivity contribution is 5.76. The zero-order valence-electron chi connectivity index (χ0n) is 13.3. The quantitative estimate of drug-likeness (QED) is 0.839.